The fraction of sp³-hybridized carbons (Fsp3) is 0.579. The van der Waals surface area contributed by atoms with Gasteiger partial charge in [0.25, 0.3) is 0 Å². The van der Waals surface area contributed by atoms with Crippen LogP contribution in [0.2, 0.25) is 0 Å². The summed E-state index contributed by atoms with van der Waals surface area (Å²) < 4.78 is 21.6. The number of rotatable bonds is 13. The van der Waals surface area contributed by atoms with E-state index in [0.29, 0.717) is 44.2 Å². The van der Waals surface area contributed by atoms with Crippen LogP contribution in [0.4, 0.5) is 0 Å². The van der Waals surface area contributed by atoms with Crippen LogP contribution in [0, 0.1) is 3.57 Å². The monoisotopic (exact) mass is 478 g/mol. The Morgan fingerprint density at radius 1 is 0.808 bits per heavy atom. The van der Waals surface area contributed by atoms with Crippen LogP contribution in [0.15, 0.2) is 18.2 Å². The molecular weight excluding hydrogens is 451 g/mol. The minimum Gasteiger partial charge on any atom is -0.462 e. The molecule has 0 spiro atoms. The van der Waals surface area contributed by atoms with E-state index in [1.54, 1.807) is 12.1 Å². The van der Waals surface area contributed by atoms with E-state index in [4.69, 9.17) is 18.9 Å². The molecule has 0 amide bonds. The number of hydrogen-bond acceptors (Lipinski definition) is 6. The minimum atomic E-state index is -0.489. The number of carbonyl (C=O) groups is 2. The van der Waals surface area contributed by atoms with Gasteiger partial charge in [-0.1, -0.05) is 19.8 Å². The van der Waals surface area contributed by atoms with Gasteiger partial charge in [0.1, 0.15) is 6.61 Å². The molecule has 0 saturated heterocycles. The van der Waals surface area contributed by atoms with Crippen LogP contribution in [-0.2, 0) is 18.9 Å². The molecule has 0 aliphatic heterocycles. The number of hydrogen-bond donors (Lipinski definition) is 0. The molecular formula is C19H27IO6. The summed E-state index contributed by atoms with van der Waals surface area (Å²) in [5.74, 6) is -0.912. The van der Waals surface area contributed by atoms with Gasteiger partial charge in [-0.05, 0) is 54.1 Å². The first-order valence-electron chi connectivity index (χ1n) is 8.88. The lowest BCUT2D eigenvalue weighted by Gasteiger charge is -2.09. The molecule has 0 unspecified atom stereocenters. The molecule has 0 aliphatic carbocycles. The first-order valence-corrected chi connectivity index (χ1v) is 9.96. The van der Waals surface area contributed by atoms with Crippen LogP contribution in [0.3, 0.4) is 0 Å². The zero-order chi connectivity index (χ0) is 19.2. The molecule has 0 bridgehead atoms. The zero-order valence-corrected chi connectivity index (χ0v) is 17.6. The van der Waals surface area contributed by atoms with Gasteiger partial charge in [-0.2, -0.15) is 0 Å². The first-order chi connectivity index (χ1) is 12.6. The fourth-order valence-corrected chi connectivity index (χ4v) is 2.74. The second-order valence-electron chi connectivity index (χ2n) is 5.52. The van der Waals surface area contributed by atoms with Crippen LogP contribution in [0.1, 0.15) is 53.8 Å². The summed E-state index contributed by atoms with van der Waals surface area (Å²) in [6.45, 7) is 6.46. The molecule has 1 aromatic rings. The van der Waals surface area contributed by atoms with Gasteiger partial charge in [-0.3, -0.25) is 0 Å². The smallest absolute Gasteiger partial charge is 0.338 e. The van der Waals surface area contributed by atoms with Crippen molar-refractivity contribution in [3.63, 3.8) is 0 Å². The Morgan fingerprint density at radius 2 is 1.38 bits per heavy atom. The van der Waals surface area contributed by atoms with Gasteiger partial charge in [0.2, 0.25) is 0 Å². The molecule has 6 nitrogen and oxygen atoms in total. The highest BCUT2D eigenvalue weighted by atomic mass is 127. The lowest BCUT2D eigenvalue weighted by molar-refractivity contribution is 0.0164. The molecule has 0 radical (unpaired) electrons. The van der Waals surface area contributed by atoms with Crippen molar-refractivity contribution >= 4 is 34.5 Å². The van der Waals surface area contributed by atoms with Crippen molar-refractivity contribution in [2.24, 2.45) is 0 Å². The van der Waals surface area contributed by atoms with Crippen LogP contribution in [-0.4, -0.2) is 51.6 Å². The molecule has 26 heavy (non-hydrogen) atoms. The summed E-state index contributed by atoms with van der Waals surface area (Å²) in [6.07, 6.45) is 2.92. The Balaban J connectivity index is 2.46. The summed E-state index contributed by atoms with van der Waals surface area (Å²) in [4.78, 5) is 24.3. The lowest BCUT2D eigenvalue weighted by atomic mass is 10.1. The molecule has 0 heterocycles. The second kappa shape index (κ2) is 13.9. The average molecular weight is 478 g/mol. The van der Waals surface area contributed by atoms with Gasteiger partial charge in [-0.15, -0.1) is 0 Å². The predicted octanol–water partition coefficient (Wildman–Crippen LogP) is 3.85. The summed E-state index contributed by atoms with van der Waals surface area (Å²) >= 11 is 2.06. The van der Waals surface area contributed by atoms with Crippen molar-refractivity contribution in [3.05, 3.63) is 32.9 Å². The Kier molecular flexibility index (Phi) is 12.3. The zero-order valence-electron chi connectivity index (χ0n) is 15.4. The Hall–Kier alpha value is -1.19. The summed E-state index contributed by atoms with van der Waals surface area (Å²) in [7, 11) is 0. The van der Waals surface area contributed by atoms with Crippen molar-refractivity contribution < 1.29 is 28.5 Å². The molecule has 1 rings (SSSR count). The largest absolute Gasteiger partial charge is 0.462 e. The van der Waals surface area contributed by atoms with Crippen LogP contribution in [0.5, 0.6) is 0 Å². The fourth-order valence-electron chi connectivity index (χ4n) is 2.07. The van der Waals surface area contributed by atoms with Crippen LogP contribution >= 0.6 is 22.6 Å². The van der Waals surface area contributed by atoms with E-state index in [1.165, 1.54) is 6.07 Å². The molecule has 0 fully saturated rings. The van der Waals surface area contributed by atoms with Gasteiger partial charge in [0, 0.05) is 10.2 Å². The number of carbonyl (C=O) groups excluding carboxylic acids is 2. The quantitative estimate of drug-likeness (QED) is 0.244. The Bertz CT molecular complexity index is 561. The summed E-state index contributed by atoms with van der Waals surface area (Å²) in [6, 6.07) is 4.87. The van der Waals surface area contributed by atoms with Gasteiger partial charge in [0.05, 0.1) is 37.6 Å². The van der Waals surface area contributed by atoms with Crippen molar-refractivity contribution in [2.75, 3.05) is 39.6 Å². The normalized spacial score (nSPS) is 10.6. The van der Waals surface area contributed by atoms with E-state index in [2.05, 4.69) is 29.5 Å². The highest BCUT2D eigenvalue weighted by molar-refractivity contribution is 14.1. The molecule has 1 aromatic carbocycles. The van der Waals surface area contributed by atoms with Crippen molar-refractivity contribution in [1.29, 1.82) is 0 Å². The van der Waals surface area contributed by atoms with E-state index in [1.807, 2.05) is 6.92 Å². The van der Waals surface area contributed by atoms with Crippen LogP contribution < -0.4 is 0 Å². The highest BCUT2D eigenvalue weighted by Gasteiger charge is 2.14. The van der Waals surface area contributed by atoms with E-state index >= 15 is 0 Å². The highest BCUT2D eigenvalue weighted by Crippen LogP contribution is 2.15. The van der Waals surface area contributed by atoms with E-state index in [0.717, 1.165) is 22.8 Å². The van der Waals surface area contributed by atoms with Gasteiger partial charge >= 0.3 is 11.9 Å². The molecule has 0 saturated carbocycles. The Morgan fingerprint density at radius 3 is 2.00 bits per heavy atom. The number of ether oxygens (including phenoxy) is 4. The van der Waals surface area contributed by atoms with Crippen molar-refractivity contribution in [2.45, 2.75) is 33.1 Å². The van der Waals surface area contributed by atoms with Crippen LogP contribution in [0.25, 0.3) is 0 Å². The maximum atomic E-state index is 12.1. The maximum absolute atomic E-state index is 12.1. The first kappa shape index (κ1) is 22.9. The standard InChI is InChI=1S/C19H27IO6/c1-3-5-6-7-25-18(21)15-12-16(14-17(20)13-15)19(22)26-11-10-24-9-8-23-4-2/h12-14H,3-11H2,1-2H3. The van der Waals surface area contributed by atoms with E-state index < -0.39 is 11.9 Å². The number of benzene rings is 1. The SMILES string of the molecule is CCCCCOC(=O)c1cc(I)cc(C(=O)OCCOCCOCC)c1. The number of halogens is 1. The molecule has 0 aliphatic rings. The second-order valence-corrected chi connectivity index (χ2v) is 6.76. The third-order valence-electron chi connectivity index (χ3n) is 3.39. The summed E-state index contributed by atoms with van der Waals surface area (Å²) in [5.41, 5.74) is 0.681. The topological polar surface area (TPSA) is 71.1 Å². The number of unbranched alkanes of at least 4 members (excludes halogenated alkanes) is 2. The molecule has 0 N–H and O–H groups in total. The van der Waals surface area contributed by atoms with Gasteiger partial charge in [-0.25, -0.2) is 9.59 Å². The lowest BCUT2D eigenvalue weighted by Crippen LogP contribution is -2.14. The molecule has 146 valence electrons. The average Bonchev–Trinajstić information content (AvgIpc) is 2.63. The maximum Gasteiger partial charge on any atom is 0.338 e. The molecule has 0 aromatic heterocycles. The third-order valence-corrected chi connectivity index (χ3v) is 4.01. The Labute approximate surface area is 168 Å². The van der Waals surface area contributed by atoms with Gasteiger partial charge in [0.15, 0.2) is 0 Å². The van der Waals surface area contributed by atoms with Crippen molar-refractivity contribution in [3.8, 4) is 0 Å². The van der Waals surface area contributed by atoms with E-state index in [-0.39, 0.29) is 6.61 Å². The van der Waals surface area contributed by atoms with E-state index in [9.17, 15) is 9.59 Å². The van der Waals surface area contributed by atoms with Gasteiger partial charge < -0.3 is 18.9 Å². The third kappa shape index (κ3) is 9.49. The molecule has 7 heteroatoms. The van der Waals surface area contributed by atoms with Crippen molar-refractivity contribution in [1.82, 2.24) is 0 Å². The minimum absolute atomic E-state index is 0.146. The summed E-state index contributed by atoms with van der Waals surface area (Å²) in [5, 5.41) is 0. The number of esters is 2. The predicted molar refractivity (Wildman–Crippen MR) is 107 cm³/mol. The molecule has 0 atom stereocenters.